The summed E-state index contributed by atoms with van der Waals surface area (Å²) < 4.78 is 2.30. The van der Waals surface area contributed by atoms with Crippen LogP contribution in [0.15, 0.2) is 70.2 Å². The van der Waals surface area contributed by atoms with E-state index < -0.39 is 0 Å². The van der Waals surface area contributed by atoms with Crippen LogP contribution in [0.2, 0.25) is 0 Å². The molecule has 0 unspecified atom stereocenters. The zero-order chi connectivity index (χ0) is 18.4. The summed E-state index contributed by atoms with van der Waals surface area (Å²) >= 11 is 3.39. The standard InChI is InChI=1S/C19H17BrN4O2/c20-16-3-1-15(2-4-16)17-5-6-19(26)24(23-17)12-9-18(25)22-13-14-7-10-21-11-8-14/h1-8,10-11H,9,12-13H2,(H,22,25). The molecule has 7 heteroatoms. The first-order valence-corrected chi connectivity index (χ1v) is 8.91. The van der Waals surface area contributed by atoms with Crippen molar-refractivity contribution in [3.05, 3.63) is 81.3 Å². The fourth-order valence-corrected chi connectivity index (χ4v) is 2.65. The summed E-state index contributed by atoms with van der Waals surface area (Å²) in [5.41, 5.74) is 2.34. The minimum Gasteiger partial charge on any atom is -0.352 e. The van der Waals surface area contributed by atoms with Gasteiger partial charge in [0.15, 0.2) is 0 Å². The molecule has 1 aromatic carbocycles. The Hall–Kier alpha value is -2.80. The summed E-state index contributed by atoms with van der Waals surface area (Å²) in [5.74, 6) is -0.135. The van der Waals surface area contributed by atoms with Gasteiger partial charge in [-0.3, -0.25) is 14.6 Å². The van der Waals surface area contributed by atoms with Gasteiger partial charge in [-0.1, -0.05) is 28.1 Å². The largest absolute Gasteiger partial charge is 0.352 e. The summed E-state index contributed by atoms with van der Waals surface area (Å²) in [6.45, 7) is 0.661. The van der Waals surface area contributed by atoms with Crippen LogP contribution in [-0.4, -0.2) is 20.7 Å². The number of amides is 1. The SMILES string of the molecule is O=C(CCn1nc(-c2ccc(Br)cc2)ccc1=O)NCc1ccncc1. The van der Waals surface area contributed by atoms with E-state index in [0.29, 0.717) is 12.2 Å². The molecule has 2 heterocycles. The Morgan fingerprint density at radius 1 is 1.04 bits per heavy atom. The monoisotopic (exact) mass is 412 g/mol. The van der Waals surface area contributed by atoms with E-state index in [2.05, 4.69) is 31.3 Å². The molecule has 0 spiro atoms. The van der Waals surface area contributed by atoms with E-state index in [1.54, 1.807) is 18.5 Å². The summed E-state index contributed by atoms with van der Waals surface area (Å²) in [6.07, 6.45) is 3.54. The number of carbonyl (C=O) groups excluding carboxylic acids is 1. The van der Waals surface area contributed by atoms with Crippen molar-refractivity contribution in [2.75, 3.05) is 0 Å². The van der Waals surface area contributed by atoms with Crippen LogP contribution in [-0.2, 0) is 17.9 Å². The van der Waals surface area contributed by atoms with Crippen molar-refractivity contribution in [1.82, 2.24) is 20.1 Å². The van der Waals surface area contributed by atoms with Crippen molar-refractivity contribution in [2.24, 2.45) is 0 Å². The lowest BCUT2D eigenvalue weighted by molar-refractivity contribution is -0.121. The normalized spacial score (nSPS) is 10.5. The number of aryl methyl sites for hydroxylation is 1. The number of halogens is 1. The van der Waals surface area contributed by atoms with Gasteiger partial charge in [-0.05, 0) is 35.9 Å². The summed E-state index contributed by atoms with van der Waals surface area (Å²) in [7, 11) is 0. The number of carbonyl (C=O) groups is 1. The van der Waals surface area contributed by atoms with Crippen molar-refractivity contribution >= 4 is 21.8 Å². The molecule has 0 radical (unpaired) electrons. The van der Waals surface area contributed by atoms with Gasteiger partial charge in [-0.25, -0.2) is 4.68 Å². The Balaban J connectivity index is 1.62. The molecule has 132 valence electrons. The Morgan fingerprint density at radius 3 is 2.50 bits per heavy atom. The van der Waals surface area contributed by atoms with E-state index >= 15 is 0 Å². The van der Waals surface area contributed by atoms with Gasteiger partial charge in [0.2, 0.25) is 5.91 Å². The smallest absolute Gasteiger partial charge is 0.266 e. The second kappa shape index (κ2) is 8.53. The van der Waals surface area contributed by atoms with Crippen LogP contribution in [0.3, 0.4) is 0 Å². The second-order valence-corrected chi connectivity index (χ2v) is 6.58. The number of pyridine rings is 1. The van der Waals surface area contributed by atoms with Gasteiger partial charge in [0.25, 0.3) is 5.56 Å². The predicted octanol–water partition coefficient (Wildman–Crippen LogP) is 2.77. The van der Waals surface area contributed by atoms with Crippen LogP contribution >= 0.6 is 15.9 Å². The molecule has 0 aliphatic heterocycles. The number of hydrogen-bond donors (Lipinski definition) is 1. The van der Waals surface area contributed by atoms with E-state index in [4.69, 9.17) is 0 Å². The highest BCUT2D eigenvalue weighted by molar-refractivity contribution is 9.10. The van der Waals surface area contributed by atoms with Crippen molar-refractivity contribution in [1.29, 1.82) is 0 Å². The lowest BCUT2D eigenvalue weighted by atomic mass is 10.1. The van der Waals surface area contributed by atoms with Gasteiger partial charge >= 0.3 is 0 Å². The zero-order valence-electron chi connectivity index (χ0n) is 13.9. The fraction of sp³-hybridized carbons (Fsp3) is 0.158. The number of benzene rings is 1. The van der Waals surface area contributed by atoms with E-state index in [9.17, 15) is 9.59 Å². The highest BCUT2D eigenvalue weighted by atomic mass is 79.9. The molecule has 26 heavy (non-hydrogen) atoms. The van der Waals surface area contributed by atoms with Crippen molar-refractivity contribution in [2.45, 2.75) is 19.5 Å². The Bertz CT molecular complexity index is 940. The lowest BCUT2D eigenvalue weighted by Gasteiger charge is -2.08. The topological polar surface area (TPSA) is 76.9 Å². The predicted molar refractivity (Wildman–Crippen MR) is 102 cm³/mol. The Morgan fingerprint density at radius 2 is 1.77 bits per heavy atom. The zero-order valence-corrected chi connectivity index (χ0v) is 15.5. The average molecular weight is 413 g/mol. The van der Waals surface area contributed by atoms with Crippen LogP contribution in [0.25, 0.3) is 11.3 Å². The van der Waals surface area contributed by atoms with Gasteiger partial charge in [0, 0.05) is 41.5 Å². The molecule has 0 fully saturated rings. The first kappa shape index (κ1) is 18.0. The van der Waals surface area contributed by atoms with E-state index in [0.717, 1.165) is 15.6 Å². The first-order valence-electron chi connectivity index (χ1n) is 8.11. The summed E-state index contributed by atoms with van der Waals surface area (Å²) in [4.78, 5) is 28.0. The third-order valence-electron chi connectivity index (χ3n) is 3.80. The average Bonchev–Trinajstić information content (AvgIpc) is 2.67. The third kappa shape index (κ3) is 4.86. The molecule has 2 aromatic heterocycles. The van der Waals surface area contributed by atoms with Crippen LogP contribution < -0.4 is 10.9 Å². The summed E-state index contributed by atoms with van der Waals surface area (Å²) in [5, 5.41) is 7.19. The molecular weight excluding hydrogens is 396 g/mol. The molecule has 0 aliphatic rings. The second-order valence-electron chi connectivity index (χ2n) is 5.67. The highest BCUT2D eigenvalue weighted by Gasteiger charge is 2.07. The van der Waals surface area contributed by atoms with Crippen molar-refractivity contribution in [3.63, 3.8) is 0 Å². The Kier molecular flexibility index (Phi) is 5.91. The van der Waals surface area contributed by atoms with Crippen LogP contribution in [0, 0.1) is 0 Å². The van der Waals surface area contributed by atoms with Gasteiger partial charge in [-0.2, -0.15) is 5.10 Å². The summed E-state index contributed by atoms with van der Waals surface area (Å²) in [6, 6.07) is 14.5. The van der Waals surface area contributed by atoms with Gasteiger partial charge in [-0.15, -0.1) is 0 Å². The maximum Gasteiger partial charge on any atom is 0.266 e. The first-order chi connectivity index (χ1) is 12.6. The number of nitrogens with one attached hydrogen (secondary N) is 1. The number of rotatable bonds is 6. The van der Waals surface area contributed by atoms with Gasteiger partial charge < -0.3 is 5.32 Å². The minimum absolute atomic E-state index is 0.135. The van der Waals surface area contributed by atoms with Crippen LogP contribution in [0.1, 0.15) is 12.0 Å². The fourth-order valence-electron chi connectivity index (χ4n) is 2.38. The molecule has 0 saturated carbocycles. The Labute approximate surface area is 159 Å². The van der Waals surface area contributed by atoms with Crippen LogP contribution in [0.5, 0.6) is 0 Å². The lowest BCUT2D eigenvalue weighted by Crippen LogP contribution is -2.28. The maximum atomic E-state index is 12.0. The molecule has 0 aliphatic carbocycles. The van der Waals surface area contributed by atoms with Gasteiger partial charge in [0.05, 0.1) is 12.2 Å². The van der Waals surface area contributed by atoms with Crippen molar-refractivity contribution < 1.29 is 4.79 Å². The molecule has 6 nitrogen and oxygen atoms in total. The van der Waals surface area contributed by atoms with Crippen LogP contribution in [0.4, 0.5) is 0 Å². The molecule has 0 atom stereocenters. The quantitative estimate of drug-likeness (QED) is 0.674. The number of hydrogen-bond acceptors (Lipinski definition) is 4. The highest BCUT2D eigenvalue weighted by Crippen LogP contribution is 2.18. The molecule has 0 saturated heterocycles. The number of nitrogens with zero attached hydrogens (tertiary/aromatic N) is 3. The van der Waals surface area contributed by atoms with E-state index in [1.165, 1.54) is 10.7 Å². The molecule has 3 rings (SSSR count). The van der Waals surface area contributed by atoms with E-state index in [-0.39, 0.29) is 24.4 Å². The minimum atomic E-state index is -0.229. The molecule has 0 bridgehead atoms. The van der Waals surface area contributed by atoms with Crippen molar-refractivity contribution in [3.8, 4) is 11.3 Å². The maximum absolute atomic E-state index is 12.0. The molecule has 1 N–H and O–H groups in total. The van der Waals surface area contributed by atoms with Gasteiger partial charge in [0.1, 0.15) is 0 Å². The molecule has 3 aromatic rings. The van der Waals surface area contributed by atoms with E-state index in [1.807, 2.05) is 36.4 Å². The molecule has 1 amide bonds. The third-order valence-corrected chi connectivity index (χ3v) is 4.32. The number of aromatic nitrogens is 3. The molecular formula is C19H17BrN4O2.